The Kier molecular flexibility index (Phi) is 4.80. The largest absolute Gasteiger partial charge is 0.451 e. The van der Waals surface area contributed by atoms with Gasteiger partial charge >= 0.3 is 6.03 Å². The van der Waals surface area contributed by atoms with E-state index < -0.39 is 52.8 Å². The Morgan fingerprint density at radius 1 is 0.788 bits per heavy atom. The molecule has 0 spiro atoms. The monoisotopic (exact) mass is 460 g/mol. The van der Waals surface area contributed by atoms with Gasteiger partial charge in [0, 0.05) is 19.0 Å². The van der Waals surface area contributed by atoms with Crippen molar-refractivity contribution in [2.45, 2.75) is 19.0 Å². The average molecular weight is 460 g/mol. The molecule has 3 aromatic rings. The van der Waals surface area contributed by atoms with E-state index in [1.807, 2.05) is 24.3 Å². The normalized spacial score (nSPS) is 17.3. The van der Waals surface area contributed by atoms with Crippen LogP contribution in [0.4, 0.5) is 32.4 Å². The maximum Gasteiger partial charge on any atom is 0.332 e. The van der Waals surface area contributed by atoms with Crippen LogP contribution in [0.25, 0.3) is 0 Å². The van der Waals surface area contributed by atoms with E-state index >= 15 is 0 Å². The molecule has 5 nitrogen and oxygen atoms in total. The topological polar surface area (TPSA) is 49.9 Å². The Balaban J connectivity index is 1.47. The minimum absolute atomic E-state index is 0.0322. The molecule has 1 saturated heterocycles. The molecule has 3 aromatic carbocycles. The van der Waals surface area contributed by atoms with Gasteiger partial charge in [-0.2, -0.15) is 8.78 Å². The number of carbonyl (C=O) groups is 2. The molecule has 0 N–H and O–H groups in total. The van der Waals surface area contributed by atoms with Gasteiger partial charge in [-0.3, -0.25) is 4.79 Å². The van der Waals surface area contributed by atoms with Crippen molar-refractivity contribution in [2.75, 3.05) is 4.90 Å². The van der Waals surface area contributed by atoms with Gasteiger partial charge in [0.05, 0.1) is 5.69 Å². The van der Waals surface area contributed by atoms with Crippen molar-refractivity contribution in [1.29, 1.82) is 0 Å². The van der Waals surface area contributed by atoms with Crippen molar-refractivity contribution in [3.05, 3.63) is 88.7 Å². The molecule has 0 bridgehead atoms. The fourth-order valence-electron chi connectivity index (χ4n) is 4.03. The molecule has 168 valence electrons. The van der Waals surface area contributed by atoms with Crippen molar-refractivity contribution in [3.8, 4) is 11.5 Å². The third-order valence-corrected chi connectivity index (χ3v) is 5.66. The minimum atomic E-state index is -2.31. The molecular formula is C23H13F5N2O3. The van der Waals surface area contributed by atoms with Crippen molar-refractivity contribution in [3.63, 3.8) is 0 Å². The number of imide groups is 1. The van der Waals surface area contributed by atoms with Crippen LogP contribution in [-0.2, 0) is 17.8 Å². The summed E-state index contributed by atoms with van der Waals surface area (Å²) in [7, 11) is 0. The number of benzene rings is 3. The Morgan fingerprint density at radius 2 is 1.42 bits per heavy atom. The summed E-state index contributed by atoms with van der Waals surface area (Å²) in [5.41, 5.74) is 1.90. The Morgan fingerprint density at radius 3 is 2.12 bits per heavy atom. The number of nitrogens with zero attached hydrogens (tertiary/aromatic N) is 2. The zero-order valence-electron chi connectivity index (χ0n) is 16.6. The van der Waals surface area contributed by atoms with E-state index in [0.717, 1.165) is 22.1 Å². The molecule has 0 aromatic heterocycles. The maximum atomic E-state index is 14.0. The second-order valence-corrected chi connectivity index (χ2v) is 7.57. The van der Waals surface area contributed by atoms with E-state index in [2.05, 4.69) is 0 Å². The Bertz CT molecular complexity index is 1260. The molecular weight excluding hydrogens is 447 g/mol. The number of carbonyl (C=O) groups excluding carboxylic acids is 2. The zero-order chi connectivity index (χ0) is 23.4. The van der Waals surface area contributed by atoms with Gasteiger partial charge in [0.1, 0.15) is 11.8 Å². The smallest absolute Gasteiger partial charge is 0.332 e. The summed E-state index contributed by atoms with van der Waals surface area (Å²) in [6.45, 7) is 0.239. The van der Waals surface area contributed by atoms with Crippen LogP contribution < -0.4 is 9.64 Å². The zero-order valence-corrected chi connectivity index (χ0v) is 16.6. The number of rotatable bonds is 3. The van der Waals surface area contributed by atoms with E-state index in [1.54, 1.807) is 0 Å². The van der Waals surface area contributed by atoms with Crippen LogP contribution in [0.1, 0.15) is 11.1 Å². The molecule has 33 heavy (non-hydrogen) atoms. The summed E-state index contributed by atoms with van der Waals surface area (Å²) in [4.78, 5) is 28.3. The second kappa shape index (κ2) is 7.58. The third-order valence-electron chi connectivity index (χ3n) is 5.66. The SMILES string of the molecule is O=C1[C@H]2Cc3ccccc3CN2C(=O)N1c1cccc(Oc2c(F)c(F)c(F)c(F)c2F)c1. The highest BCUT2D eigenvalue weighted by Gasteiger charge is 2.47. The molecule has 0 unspecified atom stereocenters. The van der Waals surface area contributed by atoms with E-state index in [1.165, 1.54) is 23.1 Å². The summed E-state index contributed by atoms with van der Waals surface area (Å²) in [5.74, 6) is -13.2. The molecule has 2 aliphatic rings. The van der Waals surface area contributed by atoms with Gasteiger partial charge in [0.25, 0.3) is 5.91 Å². The number of hydrogen-bond donors (Lipinski definition) is 0. The van der Waals surface area contributed by atoms with Gasteiger partial charge in [-0.05, 0) is 23.3 Å². The molecule has 1 atom stereocenters. The van der Waals surface area contributed by atoms with Crippen molar-refractivity contribution in [2.24, 2.45) is 0 Å². The quantitative estimate of drug-likeness (QED) is 0.238. The van der Waals surface area contributed by atoms with Gasteiger partial charge in [0.2, 0.25) is 34.8 Å². The van der Waals surface area contributed by atoms with Gasteiger partial charge in [-0.15, -0.1) is 0 Å². The number of urea groups is 1. The Hall–Kier alpha value is -3.95. The molecule has 1 fully saturated rings. The first-order valence-electron chi connectivity index (χ1n) is 9.78. The van der Waals surface area contributed by atoms with Crippen LogP contribution >= 0.6 is 0 Å². The highest BCUT2D eigenvalue weighted by atomic mass is 19.2. The molecule has 5 rings (SSSR count). The number of halogens is 5. The fraction of sp³-hybridized carbons (Fsp3) is 0.130. The molecule has 10 heteroatoms. The fourth-order valence-corrected chi connectivity index (χ4v) is 4.03. The predicted molar refractivity (Wildman–Crippen MR) is 105 cm³/mol. The molecule has 2 heterocycles. The predicted octanol–water partition coefficient (Wildman–Crippen LogP) is 5.07. The number of fused-ring (bicyclic) bond motifs is 2. The first-order chi connectivity index (χ1) is 15.8. The van der Waals surface area contributed by atoms with E-state index in [-0.39, 0.29) is 18.0 Å². The molecule has 0 radical (unpaired) electrons. The summed E-state index contributed by atoms with van der Waals surface area (Å²) in [6, 6.07) is 11.1. The first-order valence-corrected chi connectivity index (χ1v) is 9.78. The number of anilines is 1. The van der Waals surface area contributed by atoms with E-state index in [9.17, 15) is 31.5 Å². The third kappa shape index (κ3) is 3.21. The van der Waals surface area contributed by atoms with Gasteiger partial charge in [-0.25, -0.2) is 22.9 Å². The number of ether oxygens (including phenoxy) is 1. The maximum absolute atomic E-state index is 14.0. The van der Waals surface area contributed by atoms with Gasteiger partial charge in [0.15, 0.2) is 0 Å². The van der Waals surface area contributed by atoms with Gasteiger partial charge in [-0.1, -0.05) is 30.3 Å². The highest BCUT2D eigenvalue weighted by molar-refractivity contribution is 6.21. The van der Waals surface area contributed by atoms with Crippen LogP contribution in [0, 0.1) is 29.1 Å². The van der Waals surface area contributed by atoms with Crippen LogP contribution in [-0.4, -0.2) is 22.9 Å². The van der Waals surface area contributed by atoms with Crippen molar-refractivity contribution < 1.29 is 36.3 Å². The lowest BCUT2D eigenvalue weighted by atomic mass is 9.95. The molecule has 2 aliphatic heterocycles. The van der Waals surface area contributed by atoms with Crippen LogP contribution in [0.3, 0.4) is 0 Å². The summed E-state index contributed by atoms with van der Waals surface area (Å²) in [6.07, 6.45) is 0.331. The van der Waals surface area contributed by atoms with Crippen LogP contribution in [0.15, 0.2) is 48.5 Å². The lowest BCUT2D eigenvalue weighted by Gasteiger charge is -2.28. The Labute approximate surface area is 183 Å². The first kappa shape index (κ1) is 20.9. The van der Waals surface area contributed by atoms with E-state index in [0.29, 0.717) is 6.42 Å². The molecule has 0 aliphatic carbocycles. The highest BCUT2D eigenvalue weighted by Crippen LogP contribution is 2.36. The van der Waals surface area contributed by atoms with Crippen molar-refractivity contribution >= 4 is 17.6 Å². The lowest BCUT2D eigenvalue weighted by molar-refractivity contribution is -0.120. The standard InChI is InChI=1S/C23H13F5N2O3/c24-16-17(25)19(27)21(20(28)18(16)26)33-14-7-3-6-13(9-14)30-22(31)15-8-11-4-1-2-5-12(11)10-29(15)23(30)32/h1-7,9,15H,8,10H2/t15-/m1/s1. The average Bonchev–Trinajstić information content (AvgIpc) is 3.07. The summed E-state index contributed by atoms with van der Waals surface area (Å²) < 4.78 is 73.1. The second-order valence-electron chi connectivity index (χ2n) is 7.57. The lowest BCUT2D eigenvalue weighted by Crippen LogP contribution is -2.39. The van der Waals surface area contributed by atoms with Crippen LogP contribution in [0.5, 0.6) is 11.5 Å². The van der Waals surface area contributed by atoms with Gasteiger partial charge < -0.3 is 9.64 Å². The minimum Gasteiger partial charge on any atom is -0.451 e. The number of hydrogen-bond acceptors (Lipinski definition) is 3. The summed E-state index contributed by atoms with van der Waals surface area (Å²) in [5, 5.41) is 0. The van der Waals surface area contributed by atoms with E-state index in [4.69, 9.17) is 4.74 Å². The van der Waals surface area contributed by atoms with Crippen LogP contribution in [0.2, 0.25) is 0 Å². The number of amides is 3. The van der Waals surface area contributed by atoms with Crippen molar-refractivity contribution in [1.82, 2.24) is 4.90 Å². The molecule has 3 amide bonds. The molecule has 0 saturated carbocycles. The summed E-state index contributed by atoms with van der Waals surface area (Å²) >= 11 is 0.